The van der Waals surface area contributed by atoms with Crippen LogP contribution in [0.25, 0.3) is 21.9 Å². The highest BCUT2D eigenvalue weighted by Crippen LogP contribution is 2.41. The molecule has 4 aromatic rings. The number of benzene rings is 2. The standard InChI is InChI=1S/C41H42F6N6O5/c1-51-22-32(30-8-13-48-21-31(30)39(51)57)26-2-3-27(35(19-26)58-41(45,46)47)18-24-9-14-52(15-10-24)23-37(55)53-16-11-25(12-17-53)29-5-4-28(20-33(29)40(42,43)44)49-34-6-7-36(54)50-38(34)56/h2-5,8,13,19-22,24-25,34,49H,6-7,9-12,14-18,23H2,1H3,(H,50,54,56). The Kier molecular flexibility index (Phi) is 11.5. The average Bonchev–Trinajstić information content (AvgIpc) is 3.18. The summed E-state index contributed by atoms with van der Waals surface area (Å²) in [5, 5.41) is 5.89. The van der Waals surface area contributed by atoms with E-state index in [1.54, 1.807) is 36.3 Å². The van der Waals surface area contributed by atoms with E-state index in [4.69, 9.17) is 0 Å². The van der Waals surface area contributed by atoms with Crippen LogP contribution in [0.2, 0.25) is 0 Å². The van der Waals surface area contributed by atoms with Crippen LogP contribution < -0.4 is 20.9 Å². The van der Waals surface area contributed by atoms with Crippen LogP contribution in [0.3, 0.4) is 0 Å². The maximum Gasteiger partial charge on any atom is 0.573 e. The van der Waals surface area contributed by atoms with E-state index in [1.807, 2.05) is 4.90 Å². The Hall–Kier alpha value is -5.45. The lowest BCUT2D eigenvalue weighted by molar-refractivity contribution is -0.274. The summed E-state index contributed by atoms with van der Waals surface area (Å²) in [6.45, 7) is 1.81. The summed E-state index contributed by atoms with van der Waals surface area (Å²) in [6.07, 6.45) is -2.52. The van der Waals surface area contributed by atoms with Gasteiger partial charge in [-0.3, -0.25) is 34.4 Å². The Morgan fingerprint density at radius 2 is 1.66 bits per heavy atom. The largest absolute Gasteiger partial charge is 0.573 e. The van der Waals surface area contributed by atoms with Crippen molar-refractivity contribution in [3.8, 4) is 16.9 Å². The Labute approximate surface area is 329 Å². The molecule has 11 nitrogen and oxygen atoms in total. The van der Waals surface area contributed by atoms with Crippen molar-refractivity contribution in [2.45, 2.75) is 69.4 Å². The lowest BCUT2D eigenvalue weighted by atomic mass is 9.86. The van der Waals surface area contributed by atoms with E-state index >= 15 is 0 Å². The minimum Gasteiger partial charge on any atom is -0.405 e. The zero-order valence-corrected chi connectivity index (χ0v) is 31.6. The first kappa shape index (κ1) is 40.7. The van der Waals surface area contributed by atoms with Gasteiger partial charge in [0.1, 0.15) is 11.8 Å². The molecule has 1 unspecified atom stereocenters. The number of alkyl halides is 6. The van der Waals surface area contributed by atoms with Crippen LogP contribution in [0.4, 0.5) is 32.0 Å². The summed E-state index contributed by atoms with van der Waals surface area (Å²) in [6, 6.07) is 9.43. The van der Waals surface area contributed by atoms with Gasteiger partial charge in [-0.05, 0) is 110 Å². The topological polar surface area (TPSA) is 126 Å². The molecule has 2 N–H and O–H groups in total. The highest BCUT2D eigenvalue weighted by atomic mass is 19.4. The number of aryl methyl sites for hydroxylation is 1. The van der Waals surface area contributed by atoms with Crippen molar-refractivity contribution in [2.24, 2.45) is 13.0 Å². The summed E-state index contributed by atoms with van der Waals surface area (Å²) in [4.78, 5) is 57.3. The summed E-state index contributed by atoms with van der Waals surface area (Å²) >= 11 is 0. The second-order valence-electron chi connectivity index (χ2n) is 15.3. The molecule has 0 aliphatic carbocycles. The first-order valence-corrected chi connectivity index (χ1v) is 19.2. The van der Waals surface area contributed by atoms with Crippen LogP contribution >= 0.6 is 0 Å². The normalized spacial score (nSPS) is 19.0. The molecule has 0 radical (unpaired) electrons. The summed E-state index contributed by atoms with van der Waals surface area (Å²) < 4.78 is 89.5. The number of imide groups is 1. The number of halogens is 6. The molecule has 7 rings (SSSR count). The second-order valence-corrected chi connectivity index (χ2v) is 15.3. The van der Waals surface area contributed by atoms with Crippen LogP contribution in [0.5, 0.6) is 5.75 Å². The van der Waals surface area contributed by atoms with Crippen molar-refractivity contribution in [1.29, 1.82) is 0 Å². The van der Waals surface area contributed by atoms with E-state index in [0.29, 0.717) is 72.7 Å². The maximum absolute atomic E-state index is 14.3. The predicted octanol–water partition coefficient (Wildman–Crippen LogP) is 6.40. The van der Waals surface area contributed by atoms with E-state index in [1.165, 1.54) is 35.2 Å². The van der Waals surface area contributed by atoms with Crippen LogP contribution in [0.1, 0.15) is 61.1 Å². The third-order valence-electron chi connectivity index (χ3n) is 11.4. The molecule has 0 bridgehead atoms. The number of likely N-dealkylation sites (tertiary alicyclic amines) is 2. The molecular weight excluding hydrogens is 770 g/mol. The average molecular weight is 813 g/mol. The number of anilines is 1. The molecule has 3 aliphatic rings. The van der Waals surface area contributed by atoms with Crippen molar-refractivity contribution in [1.82, 2.24) is 24.7 Å². The first-order valence-electron chi connectivity index (χ1n) is 19.2. The highest BCUT2D eigenvalue weighted by molar-refractivity contribution is 6.01. The number of hydrogen-bond acceptors (Lipinski definition) is 8. The molecule has 2 aromatic heterocycles. The number of hydrogen-bond donors (Lipinski definition) is 2. The van der Waals surface area contributed by atoms with Gasteiger partial charge in [0, 0.05) is 56.4 Å². The molecule has 17 heteroatoms. The number of amides is 3. The molecule has 3 fully saturated rings. The number of nitrogens with zero attached hydrogens (tertiary/aromatic N) is 4. The highest BCUT2D eigenvalue weighted by Gasteiger charge is 2.38. The molecule has 3 aliphatic heterocycles. The Bertz CT molecular complexity index is 2260. The number of piperidine rings is 3. The van der Waals surface area contributed by atoms with Crippen molar-refractivity contribution in [3.63, 3.8) is 0 Å². The number of pyridine rings is 2. The summed E-state index contributed by atoms with van der Waals surface area (Å²) in [5.41, 5.74) is 0.570. The van der Waals surface area contributed by atoms with Gasteiger partial charge in [0.2, 0.25) is 17.7 Å². The van der Waals surface area contributed by atoms with Crippen molar-refractivity contribution in [2.75, 3.05) is 38.0 Å². The molecular formula is C41H42F6N6O5. The Morgan fingerprint density at radius 3 is 2.34 bits per heavy atom. The van der Waals surface area contributed by atoms with Gasteiger partial charge >= 0.3 is 12.5 Å². The fourth-order valence-electron chi connectivity index (χ4n) is 8.32. The Morgan fingerprint density at radius 1 is 0.914 bits per heavy atom. The van der Waals surface area contributed by atoms with E-state index in [2.05, 4.69) is 20.4 Å². The number of ether oxygens (including phenoxy) is 1. The molecule has 2 aromatic carbocycles. The van der Waals surface area contributed by atoms with Crippen LogP contribution in [-0.2, 0) is 34.0 Å². The number of rotatable bonds is 9. The number of carbonyl (C=O) groups excluding carboxylic acids is 3. The number of carbonyl (C=O) groups is 3. The van der Waals surface area contributed by atoms with Gasteiger partial charge in [-0.1, -0.05) is 18.2 Å². The molecule has 0 spiro atoms. The van der Waals surface area contributed by atoms with Crippen molar-refractivity contribution in [3.05, 3.63) is 88.1 Å². The fraction of sp³-hybridized carbons (Fsp3) is 0.439. The van der Waals surface area contributed by atoms with Crippen molar-refractivity contribution < 1.29 is 45.5 Å². The molecule has 3 amide bonds. The predicted molar refractivity (Wildman–Crippen MR) is 202 cm³/mol. The molecule has 0 saturated carbocycles. The van der Waals surface area contributed by atoms with Crippen LogP contribution in [0, 0.1) is 5.92 Å². The number of aromatic nitrogens is 2. The molecule has 5 heterocycles. The van der Waals surface area contributed by atoms with Gasteiger partial charge in [0.25, 0.3) is 5.56 Å². The van der Waals surface area contributed by atoms with Gasteiger partial charge in [-0.15, -0.1) is 13.2 Å². The van der Waals surface area contributed by atoms with Gasteiger partial charge < -0.3 is 19.5 Å². The monoisotopic (exact) mass is 812 g/mol. The minimum absolute atomic E-state index is 0.0291. The first-order chi connectivity index (χ1) is 27.5. The number of fused-ring (bicyclic) bond motifs is 1. The smallest absolute Gasteiger partial charge is 0.405 e. The van der Waals surface area contributed by atoms with Crippen LogP contribution in [0.15, 0.2) is 65.8 Å². The molecule has 308 valence electrons. The summed E-state index contributed by atoms with van der Waals surface area (Å²) in [5.74, 6) is -1.86. The van der Waals surface area contributed by atoms with E-state index in [9.17, 15) is 45.5 Å². The summed E-state index contributed by atoms with van der Waals surface area (Å²) in [7, 11) is 1.56. The fourth-order valence-corrected chi connectivity index (χ4v) is 8.32. The molecule has 3 saturated heterocycles. The Balaban J connectivity index is 0.941. The van der Waals surface area contributed by atoms with Crippen LogP contribution in [-0.4, -0.2) is 82.2 Å². The van der Waals surface area contributed by atoms with Crippen molar-refractivity contribution >= 4 is 34.2 Å². The second kappa shape index (κ2) is 16.4. The molecule has 1 atom stereocenters. The zero-order valence-electron chi connectivity index (χ0n) is 31.6. The van der Waals surface area contributed by atoms with E-state index in [0.717, 1.165) is 6.07 Å². The van der Waals surface area contributed by atoms with Gasteiger partial charge in [-0.2, -0.15) is 13.2 Å². The third-order valence-corrected chi connectivity index (χ3v) is 11.4. The molecule has 58 heavy (non-hydrogen) atoms. The third kappa shape index (κ3) is 9.30. The lowest BCUT2D eigenvalue weighted by Gasteiger charge is -2.36. The van der Waals surface area contributed by atoms with E-state index < -0.39 is 41.9 Å². The SMILES string of the molecule is Cn1cc(-c2ccc(CC3CCN(CC(=O)N4CCC(c5ccc(NC6CCC(=O)NC6=O)cc5C(F)(F)F)CC4)CC3)c(OC(F)(F)F)c2)c2ccncc2c1=O. The van der Waals surface area contributed by atoms with Gasteiger partial charge in [0.05, 0.1) is 17.5 Å². The van der Waals surface area contributed by atoms with Gasteiger partial charge in [-0.25, -0.2) is 0 Å². The maximum atomic E-state index is 14.3. The minimum atomic E-state index is -4.93. The van der Waals surface area contributed by atoms with Gasteiger partial charge in [0.15, 0.2) is 0 Å². The van der Waals surface area contributed by atoms with E-state index in [-0.39, 0.29) is 66.9 Å². The number of nitrogens with one attached hydrogen (secondary N) is 2. The zero-order chi connectivity index (χ0) is 41.4. The lowest BCUT2D eigenvalue weighted by Crippen LogP contribution is -2.47. The quantitative estimate of drug-likeness (QED) is 0.147.